The van der Waals surface area contributed by atoms with Crippen LogP contribution in [-0.4, -0.2) is 34.2 Å². The fourth-order valence-corrected chi connectivity index (χ4v) is 2.71. The first kappa shape index (κ1) is 17.2. The number of benzene rings is 1. The average Bonchev–Trinajstić information content (AvgIpc) is 2.80. The molecule has 5 nitrogen and oxygen atoms in total. The molecule has 0 aliphatic heterocycles. The van der Waals surface area contributed by atoms with Crippen LogP contribution in [0.5, 0.6) is 0 Å². The van der Waals surface area contributed by atoms with Crippen LogP contribution in [0.2, 0.25) is 0 Å². The molecule has 1 N–H and O–H groups in total. The van der Waals surface area contributed by atoms with Gasteiger partial charge in [-0.1, -0.05) is 29.8 Å². The smallest absolute Gasteiger partial charge is 0.234 e. The number of hydrogen-bond donors (Lipinski definition) is 1. The predicted octanol–water partition coefficient (Wildman–Crippen LogP) is 2.35. The van der Waals surface area contributed by atoms with Crippen LogP contribution in [0.3, 0.4) is 0 Å². The van der Waals surface area contributed by atoms with Crippen LogP contribution in [0.1, 0.15) is 35.3 Å². The molecule has 1 amide bonds. The van der Waals surface area contributed by atoms with E-state index in [1.807, 2.05) is 39.0 Å². The van der Waals surface area contributed by atoms with Crippen molar-refractivity contribution in [1.82, 2.24) is 20.0 Å². The van der Waals surface area contributed by atoms with Gasteiger partial charge in [-0.3, -0.25) is 14.4 Å². The molecule has 23 heavy (non-hydrogen) atoms. The van der Waals surface area contributed by atoms with Gasteiger partial charge >= 0.3 is 0 Å². The summed E-state index contributed by atoms with van der Waals surface area (Å²) in [6, 6.07) is 8.35. The van der Waals surface area contributed by atoms with Gasteiger partial charge in [0, 0.05) is 25.4 Å². The monoisotopic (exact) mass is 314 g/mol. The van der Waals surface area contributed by atoms with E-state index in [1.54, 1.807) is 4.68 Å². The molecule has 0 bridgehead atoms. The largest absolute Gasteiger partial charge is 0.348 e. The average molecular weight is 314 g/mol. The van der Waals surface area contributed by atoms with E-state index >= 15 is 0 Å². The van der Waals surface area contributed by atoms with Crippen LogP contribution < -0.4 is 5.32 Å². The molecule has 1 atom stereocenters. The molecule has 0 radical (unpaired) electrons. The summed E-state index contributed by atoms with van der Waals surface area (Å²) in [5.74, 6) is 0.0235. The van der Waals surface area contributed by atoms with E-state index in [0.29, 0.717) is 6.54 Å². The molecular formula is C18H26N4O. The maximum absolute atomic E-state index is 12.2. The van der Waals surface area contributed by atoms with Gasteiger partial charge in [-0.05, 0) is 33.4 Å². The van der Waals surface area contributed by atoms with Crippen molar-refractivity contribution in [3.05, 3.63) is 52.8 Å². The minimum absolute atomic E-state index is 0.0235. The van der Waals surface area contributed by atoms with Crippen molar-refractivity contribution < 1.29 is 4.79 Å². The first-order valence-electron chi connectivity index (χ1n) is 7.88. The first-order valence-corrected chi connectivity index (χ1v) is 7.88. The van der Waals surface area contributed by atoms with Crippen molar-refractivity contribution in [2.75, 3.05) is 13.6 Å². The zero-order valence-electron chi connectivity index (χ0n) is 14.6. The van der Waals surface area contributed by atoms with Crippen LogP contribution in [0, 0.1) is 13.8 Å². The molecule has 0 aliphatic carbocycles. The summed E-state index contributed by atoms with van der Waals surface area (Å²) in [6.07, 6.45) is 1.95. The maximum Gasteiger partial charge on any atom is 0.234 e. The molecule has 1 aromatic heterocycles. The SMILES string of the molecule is Cc1ccc(CN(C)CC(=O)N[C@H](C)c2cn(C)nc2C)cc1. The number of aromatic nitrogens is 2. The Morgan fingerprint density at radius 3 is 2.52 bits per heavy atom. The molecule has 0 spiro atoms. The van der Waals surface area contributed by atoms with Gasteiger partial charge in [0.2, 0.25) is 5.91 Å². The van der Waals surface area contributed by atoms with Crippen molar-refractivity contribution >= 4 is 5.91 Å². The molecule has 1 aromatic carbocycles. The molecule has 0 saturated heterocycles. The minimum Gasteiger partial charge on any atom is -0.348 e. The number of aryl methyl sites for hydroxylation is 3. The van der Waals surface area contributed by atoms with Crippen LogP contribution in [0.4, 0.5) is 0 Å². The number of hydrogen-bond acceptors (Lipinski definition) is 3. The summed E-state index contributed by atoms with van der Waals surface area (Å²) in [7, 11) is 3.85. The summed E-state index contributed by atoms with van der Waals surface area (Å²) in [6.45, 7) is 7.15. The van der Waals surface area contributed by atoms with Crippen LogP contribution in [0.15, 0.2) is 30.5 Å². The highest BCUT2D eigenvalue weighted by Crippen LogP contribution is 2.15. The Morgan fingerprint density at radius 2 is 1.96 bits per heavy atom. The lowest BCUT2D eigenvalue weighted by molar-refractivity contribution is -0.122. The summed E-state index contributed by atoms with van der Waals surface area (Å²) in [4.78, 5) is 14.2. The molecular weight excluding hydrogens is 288 g/mol. The summed E-state index contributed by atoms with van der Waals surface area (Å²) >= 11 is 0. The number of nitrogens with one attached hydrogen (secondary N) is 1. The molecule has 0 fully saturated rings. The molecule has 1 heterocycles. The van der Waals surface area contributed by atoms with E-state index in [-0.39, 0.29) is 11.9 Å². The van der Waals surface area contributed by atoms with Gasteiger partial charge in [0.15, 0.2) is 0 Å². The molecule has 2 aromatic rings. The first-order chi connectivity index (χ1) is 10.8. The fraction of sp³-hybridized carbons (Fsp3) is 0.444. The number of likely N-dealkylation sites (N-methyl/N-ethyl adjacent to an activating group) is 1. The summed E-state index contributed by atoms with van der Waals surface area (Å²) in [5.41, 5.74) is 4.47. The van der Waals surface area contributed by atoms with Gasteiger partial charge in [-0.25, -0.2) is 0 Å². The highest BCUT2D eigenvalue weighted by molar-refractivity contribution is 5.78. The van der Waals surface area contributed by atoms with Gasteiger partial charge < -0.3 is 5.32 Å². The quantitative estimate of drug-likeness (QED) is 0.890. The number of amides is 1. The van der Waals surface area contributed by atoms with Crippen molar-refractivity contribution in [3.8, 4) is 0 Å². The van der Waals surface area contributed by atoms with E-state index < -0.39 is 0 Å². The standard InChI is InChI=1S/C18H26N4O/c1-13-6-8-16(9-7-13)10-21(4)12-18(23)19-14(2)17-11-22(5)20-15(17)3/h6-9,11,14H,10,12H2,1-5H3,(H,19,23)/t14-/m1/s1. The fourth-order valence-electron chi connectivity index (χ4n) is 2.71. The van der Waals surface area contributed by atoms with Crippen LogP contribution in [-0.2, 0) is 18.4 Å². The van der Waals surface area contributed by atoms with Gasteiger partial charge in [0.05, 0.1) is 18.3 Å². The third-order valence-electron chi connectivity index (χ3n) is 3.88. The Bertz CT molecular complexity index is 660. The zero-order chi connectivity index (χ0) is 17.0. The molecule has 124 valence electrons. The third kappa shape index (κ3) is 4.93. The number of carbonyl (C=O) groups excluding carboxylic acids is 1. The van der Waals surface area contributed by atoms with Crippen molar-refractivity contribution in [2.45, 2.75) is 33.4 Å². The van der Waals surface area contributed by atoms with Crippen LogP contribution in [0.25, 0.3) is 0 Å². The maximum atomic E-state index is 12.2. The second-order valence-electron chi connectivity index (χ2n) is 6.29. The van der Waals surface area contributed by atoms with E-state index in [9.17, 15) is 4.79 Å². The highest BCUT2D eigenvalue weighted by Gasteiger charge is 2.15. The topological polar surface area (TPSA) is 50.2 Å². The van der Waals surface area contributed by atoms with E-state index in [1.165, 1.54) is 11.1 Å². The molecule has 0 saturated carbocycles. The van der Waals surface area contributed by atoms with E-state index in [0.717, 1.165) is 17.8 Å². The predicted molar refractivity (Wildman–Crippen MR) is 92.0 cm³/mol. The van der Waals surface area contributed by atoms with E-state index in [4.69, 9.17) is 0 Å². The number of nitrogens with zero attached hydrogens (tertiary/aromatic N) is 3. The third-order valence-corrected chi connectivity index (χ3v) is 3.88. The summed E-state index contributed by atoms with van der Waals surface area (Å²) < 4.78 is 1.77. The lowest BCUT2D eigenvalue weighted by atomic mass is 10.1. The van der Waals surface area contributed by atoms with Gasteiger partial charge in [0.25, 0.3) is 0 Å². The Kier molecular flexibility index (Phi) is 5.55. The lowest BCUT2D eigenvalue weighted by Crippen LogP contribution is -2.36. The molecule has 0 aliphatic rings. The Morgan fingerprint density at radius 1 is 1.30 bits per heavy atom. The van der Waals surface area contributed by atoms with Gasteiger partial charge in [-0.15, -0.1) is 0 Å². The molecule has 2 rings (SSSR count). The zero-order valence-corrected chi connectivity index (χ0v) is 14.6. The lowest BCUT2D eigenvalue weighted by Gasteiger charge is -2.19. The normalized spacial score (nSPS) is 12.4. The minimum atomic E-state index is -0.0380. The van der Waals surface area contributed by atoms with E-state index in [2.05, 4.69) is 41.6 Å². The summed E-state index contributed by atoms with van der Waals surface area (Å²) in [5, 5.41) is 7.36. The molecule has 5 heteroatoms. The number of carbonyl (C=O) groups is 1. The van der Waals surface area contributed by atoms with Gasteiger partial charge in [0.1, 0.15) is 0 Å². The molecule has 0 unspecified atom stereocenters. The van der Waals surface area contributed by atoms with Gasteiger partial charge in [-0.2, -0.15) is 5.10 Å². The van der Waals surface area contributed by atoms with Crippen molar-refractivity contribution in [1.29, 1.82) is 0 Å². The highest BCUT2D eigenvalue weighted by atomic mass is 16.2. The van der Waals surface area contributed by atoms with Crippen molar-refractivity contribution in [3.63, 3.8) is 0 Å². The second kappa shape index (κ2) is 7.42. The van der Waals surface area contributed by atoms with Crippen LogP contribution >= 0.6 is 0 Å². The Balaban J connectivity index is 1.86. The Hall–Kier alpha value is -2.14. The second-order valence-corrected chi connectivity index (χ2v) is 6.29. The Labute approximate surface area is 138 Å². The van der Waals surface area contributed by atoms with Crippen molar-refractivity contribution in [2.24, 2.45) is 7.05 Å². The number of rotatable bonds is 6.